The van der Waals surface area contributed by atoms with E-state index in [0.717, 1.165) is 15.7 Å². The number of nitrogens with one attached hydrogen (secondary N) is 1. The number of hydrogen-bond acceptors (Lipinski definition) is 4. The van der Waals surface area contributed by atoms with Crippen LogP contribution in [-0.2, 0) is 11.3 Å². The minimum atomic E-state index is -0.295. The Kier molecular flexibility index (Phi) is 5.79. The number of carbonyl (C=O) groups is 1. The fourth-order valence-corrected chi connectivity index (χ4v) is 2.91. The van der Waals surface area contributed by atoms with E-state index in [-0.39, 0.29) is 17.2 Å². The van der Waals surface area contributed by atoms with Crippen molar-refractivity contribution in [1.82, 2.24) is 9.55 Å². The predicted octanol–water partition coefficient (Wildman–Crippen LogP) is 3.06. The molecule has 7 heteroatoms. The fourth-order valence-electron chi connectivity index (χ4n) is 1.82. The first-order chi connectivity index (χ1) is 10.5. The second kappa shape index (κ2) is 7.60. The average molecular weight is 382 g/mol. The molecule has 1 heterocycles. The van der Waals surface area contributed by atoms with Crippen molar-refractivity contribution < 1.29 is 4.79 Å². The van der Waals surface area contributed by atoms with E-state index in [1.54, 1.807) is 6.20 Å². The molecule has 0 aliphatic rings. The lowest BCUT2D eigenvalue weighted by Gasteiger charge is -2.09. The average Bonchev–Trinajstić information content (AvgIpc) is 2.49. The molecule has 22 heavy (non-hydrogen) atoms. The number of amides is 1. The van der Waals surface area contributed by atoms with Crippen LogP contribution in [0.3, 0.4) is 0 Å². The van der Waals surface area contributed by atoms with Crippen LogP contribution >= 0.6 is 27.7 Å². The van der Waals surface area contributed by atoms with E-state index in [9.17, 15) is 9.59 Å². The van der Waals surface area contributed by atoms with Gasteiger partial charge in [-0.25, -0.2) is 0 Å². The molecule has 0 saturated carbocycles. The van der Waals surface area contributed by atoms with Gasteiger partial charge in [-0.1, -0.05) is 27.7 Å². The van der Waals surface area contributed by atoms with E-state index in [1.807, 2.05) is 36.6 Å². The van der Waals surface area contributed by atoms with Crippen molar-refractivity contribution in [3.8, 4) is 0 Å². The molecule has 0 saturated heterocycles. The quantitative estimate of drug-likeness (QED) is 0.638. The number of nitrogens with zero attached hydrogens (tertiary/aromatic N) is 2. The summed E-state index contributed by atoms with van der Waals surface area (Å²) in [6, 6.07) is 7.04. The Morgan fingerprint density at radius 1 is 1.41 bits per heavy atom. The molecule has 0 atom stereocenters. The van der Waals surface area contributed by atoms with Gasteiger partial charge in [-0.2, -0.15) is 4.98 Å². The number of anilines is 1. The summed E-state index contributed by atoms with van der Waals surface area (Å²) in [6.45, 7) is 4.62. The summed E-state index contributed by atoms with van der Waals surface area (Å²) >= 11 is 4.67. The number of aromatic nitrogens is 2. The van der Waals surface area contributed by atoms with Gasteiger partial charge in [-0.05, 0) is 37.6 Å². The van der Waals surface area contributed by atoms with Gasteiger partial charge in [0.1, 0.15) is 0 Å². The molecule has 0 spiro atoms. The minimum absolute atomic E-state index is 0.132. The topological polar surface area (TPSA) is 64.0 Å². The minimum Gasteiger partial charge on any atom is -0.328 e. The first kappa shape index (κ1) is 16.8. The standard InChI is InChI=1S/C15H16BrN3O2S/c1-3-19-7-6-13(20)18-15(19)22-9-14(21)17-11-4-5-12(16)10(2)8-11/h4-8H,3,9H2,1-2H3,(H,17,21). The van der Waals surface area contributed by atoms with Crippen LogP contribution in [0.15, 0.2) is 44.9 Å². The van der Waals surface area contributed by atoms with E-state index in [4.69, 9.17) is 0 Å². The highest BCUT2D eigenvalue weighted by atomic mass is 79.9. The van der Waals surface area contributed by atoms with Gasteiger partial charge in [0.2, 0.25) is 5.91 Å². The molecule has 0 aliphatic carbocycles. The van der Waals surface area contributed by atoms with E-state index >= 15 is 0 Å². The number of hydrogen-bond donors (Lipinski definition) is 1. The van der Waals surface area contributed by atoms with Crippen molar-refractivity contribution in [2.24, 2.45) is 0 Å². The van der Waals surface area contributed by atoms with Gasteiger partial charge >= 0.3 is 0 Å². The molecule has 2 aromatic rings. The molecule has 0 bridgehead atoms. The van der Waals surface area contributed by atoms with Crippen LogP contribution in [0, 0.1) is 6.92 Å². The number of carbonyl (C=O) groups excluding carboxylic acids is 1. The summed E-state index contributed by atoms with van der Waals surface area (Å²) in [6.07, 6.45) is 1.69. The van der Waals surface area contributed by atoms with E-state index < -0.39 is 0 Å². The summed E-state index contributed by atoms with van der Waals surface area (Å²) in [5.41, 5.74) is 1.51. The maximum atomic E-state index is 12.0. The molecule has 0 fully saturated rings. The van der Waals surface area contributed by atoms with Gasteiger partial charge in [0.25, 0.3) is 5.56 Å². The van der Waals surface area contributed by atoms with E-state index in [1.165, 1.54) is 17.8 Å². The third kappa shape index (κ3) is 4.45. The Morgan fingerprint density at radius 3 is 2.86 bits per heavy atom. The van der Waals surface area contributed by atoms with Crippen molar-refractivity contribution in [3.05, 3.63) is 50.9 Å². The summed E-state index contributed by atoms with van der Waals surface area (Å²) in [4.78, 5) is 27.3. The van der Waals surface area contributed by atoms with Crippen molar-refractivity contribution in [2.75, 3.05) is 11.1 Å². The number of rotatable bonds is 5. The second-order valence-corrected chi connectivity index (χ2v) is 6.43. The monoisotopic (exact) mass is 381 g/mol. The largest absolute Gasteiger partial charge is 0.328 e. The van der Waals surface area contributed by atoms with Crippen LogP contribution in [0.1, 0.15) is 12.5 Å². The van der Waals surface area contributed by atoms with Crippen LogP contribution in [0.25, 0.3) is 0 Å². The van der Waals surface area contributed by atoms with Gasteiger partial charge < -0.3 is 9.88 Å². The van der Waals surface area contributed by atoms with Gasteiger partial charge in [0.15, 0.2) is 5.16 Å². The molecule has 116 valence electrons. The first-order valence-corrected chi connectivity index (χ1v) is 8.53. The third-order valence-corrected chi connectivity index (χ3v) is 4.84. The predicted molar refractivity (Wildman–Crippen MR) is 92.4 cm³/mol. The highest BCUT2D eigenvalue weighted by Crippen LogP contribution is 2.20. The molecule has 5 nitrogen and oxygen atoms in total. The fraction of sp³-hybridized carbons (Fsp3) is 0.267. The number of thioether (sulfide) groups is 1. The smallest absolute Gasteiger partial charge is 0.273 e. The first-order valence-electron chi connectivity index (χ1n) is 6.76. The molecule has 2 rings (SSSR count). The zero-order valence-electron chi connectivity index (χ0n) is 12.3. The molecule has 0 aliphatic heterocycles. The SMILES string of the molecule is CCn1ccc(=O)nc1SCC(=O)Nc1ccc(Br)c(C)c1. The lowest BCUT2D eigenvalue weighted by Crippen LogP contribution is -2.17. The highest BCUT2D eigenvalue weighted by Gasteiger charge is 2.08. The molecule has 1 amide bonds. The Morgan fingerprint density at radius 2 is 2.18 bits per heavy atom. The lowest BCUT2D eigenvalue weighted by molar-refractivity contribution is -0.113. The van der Waals surface area contributed by atoms with Gasteiger partial charge in [-0.15, -0.1) is 0 Å². The number of halogens is 1. The van der Waals surface area contributed by atoms with Gasteiger partial charge in [-0.3, -0.25) is 9.59 Å². The van der Waals surface area contributed by atoms with Crippen molar-refractivity contribution >= 4 is 39.3 Å². The molecule has 1 aromatic carbocycles. The van der Waals surface area contributed by atoms with E-state index in [2.05, 4.69) is 26.2 Å². The van der Waals surface area contributed by atoms with Crippen LogP contribution in [-0.4, -0.2) is 21.2 Å². The zero-order chi connectivity index (χ0) is 16.1. The van der Waals surface area contributed by atoms with Crippen LogP contribution < -0.4 is 10.9 Å². The molecule has 1 aromatic heterocycles. The second-order valence-electron chi connectivity index (χ2n) is 4.64. The van der Waals surface area contributed by atoms with Gasteiger partial charge in [0.05, 0.1) is 5.75 Å². The van der Waals surface area contributed by atoms with Crippen LogP contribution in [0.4, 0.5) is 5.69 Å². The summed E-state index contributed by atoms with van der Waals surface area (Å²) in [5.74, 6) is 0.0680. The summed E-state index contributed by atoms with van der Waals surface area (Å²) in [7, 11) is 0. The summed E-state index contributed by atoms with van der Waals surface area (Å²) in [5, 5.41) is 3.39. The Labute approximate surface area is 141 Å². The van der Waals surface area contributed by atoms with Crippen molar-refractivity contribution in [2.45, 2.75) is 25.5 Å². The lowest BCUT2D eigenvalue weighted by atomic mass is 10.2. The molecular weight excluding hydrogens is 366 g/mol. The molecule has 0 unspecified atom stereocenters. The molecule has 1 N–H and O–H groups in total. The van der Waals surface area contributed by atoms with Crippen LogP contribution in [0.5, 0.6) is 0 Å². The normalized spacial score (nSPS) is 10.5. The van der Waals surface area contributed by atoms with Gasteiger partial charge in [0, 0.05) is 29.0 Å². The van der Waals surface area contributed by atoms with Crippen molar-refractivity contribution in [1.29, 1.82) is 0 Å². The Bertz CT molecular complexity index is 746. The number of benzene rings is 1. The maximum absolute atomic E-state index is 12.0. The van der Waals surface area contributed by atoms with Crippen LogP contribution in [0.2, 0.25) is 0 Å². The molecular formula is C15H16BrN3O2S. The Balaban J connectivity index is 1.99. The third-order valence-electron chi connectivity index (χ3n) is 2.96. The van der Waals surface area contributed by atoms with Crippen molar-refractivity contribution in [3.63, 3.8) is 0 Å². The maximum Gasteiger partial charge on any atom is 0.273 e. The molecule has 0 radical (unpaired) electrons. The summed E-state index contributed by atoms with van der Waals surface area (Å²) < 4.78 is 2.84. The highest BCUT2D eigenvalue weighted by molar-refractivity contribution is 9.10. The Hall–Kier alpha value is -1.60. The number of aryl methyl sites for hydroxylation is 2. The zero-order valence-corrected chi connectivity index (χ0v) is 14.7. The van der Waals surface area contributed by atoms with E-state index in [0.29, 0.717) is 11.7 Å².